The molecule has 0 bridgehead atoms. The van der Waals surface area contributed by atoms with Gasteiger partial charge in [-0.15, -0.1) is 15.3 Å². The highest BCUT2D eigenvalue weighted by Crippen LogP contribution is 2.28. The van der Waals surface area contributed by atoms with E-state index in [1.54, 1.807) is 10.9 Å². The molecule has 0 aliphatic carbocycles. The second kappa shape index (κ2) is 8.19. The second-order valence-corrected chi connectivity index (χ2v) is 7.89. The van der Waals surface area contributed by atoms with Gasteiger partial charge in [0.25, 0.3) is 5.89 Å². The van der Waals surface area contributed by atoms with Gasteiger partial charge in [-0.05, 0) is 24.7 Å². The third kappa shape index (κ3) is 4.01. The minimum atomic E-state index is -2.88. The average Bonchev–Trinajstić information content (AvgIpc) is 3.43. The van der Waals surface area contributed by atoms with E-state index >= 15 is 0 Å². The van der Waals surface area contributed by atoms with Gasteiger partial charge in [0.05, 0.1) is 12.7 Å². The average molecular weight is 440 g/mol. The van der Waals surface area contributed by atoms with Crippen LogP contribution >= 0.6 is 0 Å². The maximum atomic E-state index is 14.6. The van der Waals surface area contributed by atoms with Gasteiger partial charge < -0.3 is 9.32 Å². The van der Waals surface area contributed by atoms with Crippen LogP contribution in [0.3, 0.4) is 0 Å². The molecular formula is C22H19F3N6O. The summed E-state index contributed by atoms with van der Waals surface area (Å²) in [6.07, 6.45) is -1.12. The van der Waals surface area contributed by atoms with Crippen molar-refractivity contribution in [3.05, 3.63) is 71.5 Å². The van der Waals surface area contributed by atoms with Crippen LogP contribution in [0.15, 0.2) is 53.1 Å². The van der Waals surface area contributed by atoms with Crippen LogP contribution in [0.4, 0.5) is 13.2 Å². The van der Waals surface area contributed by atoms with Crippen LogP contribution in [-0.4, -0.2) is 50.2 Å². The zero-order valence-electron chi connectivity index (χ0n) is 17.1. The fraction of sp³-hybridized carbons (Fsp3) is 0.273. The summed E-state index contributed by atoms with van der Waals surface area (Å²) >= 11 is 0. The van der Waals surface area contributed by atoms with Crippen LogP contribution in [0, 0.1) is 5.82 Å². The van der Waals surface area contributed by atoms with Gasteiger partial charge in [0.15, 0.2) is 0 Å². The van der Waals surface area contributed by atoms with Crippen molar-refractivity contribution in [3.63, 3.8) is 0 Å². The van der Waals surface area contributed by atoms with E-state index in [1.807, 2.05) is 12.1 Å². The maximum Gasteiger partial charge on any atom is 0.314 e. The molecule has 0 spiro atoms. The summed E-state index contributed by atoms with van der Waals surface area (Å²) in [6.45, 7) is 2.30. The van der Waals surface area contributed by atoms with Crippen LogP contribution in [0.5, 0.6) is 0 Å². The summed E-state index contributed by atoms with van der Waals surface area (Å²) < 4.78 is 46.2. The molecule has 0 radical (unpaired) electrons. The summed E-state index contributed by atoms with van der Waals surface area (Å²) in [4.78, 5) is 2.28. The van der Waals surface area contributed by atoms with E-state index in [4.69, 9.17) is 4.42 Å². The number of benzene rings is 2. The molecule has 4 aromatic rings. The largest absolute Gasteiger partial charge is 0.415 e. The van der Waals surface area contributed by atoms with Crippen molar-refractivity contribution in [2.45, 2.75) is 18.9 Å². The van der Waals surface area contributed by atoms with Crippen molar-refractivity contribution in [2.24, 2.45) is 0 Å². The standard InChI is InChI=1S/C22H19F3N6O/c1-30-9-17(10-30)13-2-4-14(5-3-13)19-12-31(29-26-19)11-16-7-6-15(8-18(16)23)21-27-28-22(32-21)20(24)25/h2-8,12,17,20H,9-11H2,1H3. The van der Waals surface area contributed by atoms with Gasteiger partial charge in [-0.2, -0.15) is 8.78 Å². The first-order chi connectivity index (χ1) is 15.5. The Bertz CT molecular complexity index is 1230. The molecule has 0 N–H and O–H groups in total. The molecule has 0 amide bonds. The third-order valence-electron chi connectivity index (χ3n) is 5.54. The predicted molar refractivity (Wildman–Crippen MR) is 109 cm³/mol. The van der Waals surface area contributed by atoms with E-state index in [-0.39, 0.29) is 18.0 Å². The highest BCUT2D eigenvalue weighted by molar-refractivity contribution is 5.58. The Morgan fingerprint density at radius 2 is 1.78 bits per heavy atom. The second-order valence-electron chi connectivity index (χ2n) is 7.89. The lowest BCUT2D eigenvalue weighted by molar-refractivity contribution is 0.116. The van der Waals surface area contributed by atoms with Crippen LogP contribution in [0.2, 0.25) is 0 Å². The maximum absolute atomic E-state index is 14.6. The smallest absolute Gasteiger partial charge is 0.314 e. The minimum Gasteiger partial charge on any atom is -0.415 e. The van der Waals surface area contributed by atoms with Gasteiger partial charge in [0.2, 0.25) is 5.89 Å². The molecule has 0 saturated carbocycles. The van der Waals surface area contributed by atoms with Crippen LogP contribution in [0.1, 0.15) is 29.4 Å². The van der Waals surface area contributed by atoms with Gasteiger partial charge in [0, 0.05) is 35.7 Å². The first-order valence-corrected chi connectivity index (χ1v) is 10.1. The van der Waals surface area contributed by atoms with Crippen molar-refractivity contribution < 1.29 is 17.6 Å². The lowest BCUT2D eigenvalue weighted by atomic mass is 9.91. The molecule has 164 valence electrons. The van der Waals surface area contributed by atoms with Crippen molar-refractivity contribution in [3.8, 4) is 22.7 Å². The predicted octanol–water partition coefficient (Wildman–Crippen LogP) is 4.15. The Morgan fingerprint density at radius 1 is 1.03 bits per heavy atom. The molecule has 1 fully saturated rings. The molecule has 3 heterocycles. The first kappa shape index (κ1) is 20.4. The number of hydrogen-bond donors (Lipinski definition) is 0. The summed E-state index contributed by atoms with van der Waals surface area (Å²) in [5, 5.41) is 15.1. The Labute approximate surface area is 181 Å². The number of likely N-dealkylation sites (tertiary alicyclic amines) is 1. The Hall–Kier alpha value is -3.53. The van der Waals surface area contributed by atoms with Crippen molar-refractivity contribution in [1.29, 1.82) is 0 Å². The molecule has 1 aliphatic rings. The fourth-order valence-electron chi connectivity index (χ4n) is 3.77. The molecule has 2 aromatic heterocycles. The lowest BCUT2D eigenvalue weighted by Gasteiger charge is -2.36. The number of rotatable bonds is 6. The lowest BCUT2D eigenvalue weighted by Crippen LogP contribution is -2.41. The van der Waals surface area contributed by atoms with Gasteiger partial charge in [-0.25, -0.2) is 9.07 Å². The topological polar surface area (TPSA) is 72.9 Å². The molecule has 7 nitrogen and oxygen atoms in total. The Morgan fingerprint density at radius 3 is 2.44 bits per heavy atom. The number of hydrogen-bond acceptors (Lipinski definition) is 6. The number of alkyl halides is 2. The van der Waals surface area contributed by atoms with Gasteiger partial charge in [-0.1, -0.05) is 35.5 Å². The van der Waals surface area contributed by atoms with E-state index in [0.717, 1.165) is 18.7 Å². The quantitative estimate of drug-likeness (QED) is 0.449. The van der Waals surface area contributed by atoms with E-state index in [1.165, 1.54) is 23.8 Å². The van der Waals surface area contributed by atoms with Crippen LogP contribution in [0.25, 0.3) is 22.7 Å². The summed E-state index contributed by atoms with van der Waals surface area (Å²) in [6, 6.07) is 12.5. The van der Waals surface area contributed by atoms with Gasteiger partial charge in [-0.3, -0.25) is 0 Å². The molecule has 5 rings (SSSR count). The van der Waals surface area contributed by atoms with E-state index in [2.05, 4.69) is 44.6 Å². The normalized spacial score (nSPS) is 14.8. The molecule has 2 aromatic carbocycles. The molecule has 1 saturated heterocycles. The van der Waals surface area contributed by atoms with E-state index < -0.39 is 18.1 Å². The number of nitrogens with zero attached hydrogens (tertiary/aromatic N) is 6. The molecule has 0 unspecified atom stereocenters. The third-order valence-corrected chi connectivity index (χ3v) is 5.54. The number of halogens is 3. The summed E-state index contributed by atoms with van der Waals surface area (Å²) in [5.41, 5.74) is 3.54. The zero-order valence-corrected chi connectivity index (χ0v) is 17.1. The zero-order chi connectivity index (χ0) is 22.2. The molecular weight excluding hydrogens is 421 g/mol. The van der Waals surface area contributed by atoms with E-state index in [9.17, 15) is 13.2 Å². The minimum absolute atomic E-state index is 0.161. The summed E-state index contributed by atoms with van der Waals surface area (Å²) in [5.74, 6) is -0.922. The molecule has 32 heavy (non-hydrogen) atoms. The van der Waals surface area contributed by atoms with Crippen molar-refractivity contribution >= 4 is 0 Å². The van der Waals surface area contributed by atoms with Gasteiger partial charge >= 0.3 is 6.43 Å². The Kier molecular flexibility index (Phi) is 5.22. The highest BCUT2D eigenvalue weighted by Gasteiger charge is 2.24. The number of aromatic nitrogens is 5. The Balaban J connectivity index is 1.29. The number of likely N-dealkylation sites (N-methyl/N-ethyl adjacent to an activating group) is 1. The van der Waals surface area contributed by atoms with Crippen molar-refractivity contribution in [1.82, 2.24) is 30.1 Å². The van der Waals surface area contributed by atoms with Crippen LogP contribution < -0.4 is 0 Å². The molecule has 1 aliphatic heterocycles. The fourth-order valence-corrected chi connectivity index (χ4v) is 3.77. The molecule has 0 atom stereocenters. The van der Waals surface area contributed by atoms with Crippen molar-refractivity contribution in [2.75, 3.05) is 20.1 Å². The van der Waals surface area contributed by atoms with E-state index in [0.29, 0.717) is 17.2 Å². The van der Waals surface area contributed by atoms with Gasteiger partial charge in [0.1, 0.15) is 11.5 Å². The summed E-state index contributed by atoms with van der Waals surface area (Å²) in [7, 11) is 2.10. The van der Waals surface area contributed by atoms with Crippen LogP contribution in [-0.2, 0) is 6.54 Å². The first-order valence-electron chi connectivity index (χ1n) is 10.1. The SMILES string of the molecule is CN1CC(c2ccc(-c3cn(Cc4ccc(-c5nnc(C(F)F)o5)cc4F)nn3)cc2)C1. The highest BCUT2D eigenvalue weighted by atomic mass is 19.3. The molecule has 10 heteroatoms. The monoisotopic (exact) mass is 440 g/mol.